The van der Waals surface area contributed by atoms with E-state index in [9.17, 15) is 8.78 Å². The van der Waals surface area contributed by atoms with Gasteiger partial charge in [-0.15, -0.1) is 0 Å². The van der Waals surface area contributed by atoms with E-state index >= 15 is 0 Å². The van der Waals surface area contributed by atoms with Gasteiger partial charge in [-0.25, -0.2) is 13.8 Å². The second-order valence-corrected chi connectivity index (χ2v) is 5.33. The number of amidine groups is 1. The Kier molecular flexibility index (Phi) is 2.87. The number of rotatable bonds is 1. The van der Waals surface area contributed by atoms with Crippen LogP contribution in [0.3, 0.4) is 0 Å². The topological polar surface area (TPSA) is 53.1 Å². The Morgan fingerprint density at radius 2 is 1.96 bits per heavy atom. The summed E-state index contributed by atoms with van der Waals surface area (Å²) in [6, 6.07) is 6.73. The molecule has 0 aliphatic carbocycles. The highest BCUT2D eigenvalue weighted by atomic mass is 35.5. The molecule has 0 unspecified atom stereocenters. The molecular formula is C16H9ClF2N4. The molecule has 4 rings (SSSR count). The summed E-state index contributed by atoms with van der Waals surface area (Å²) in [5.41, 5.74) is 1.74. The largest absolute Gasteiger partial charge is 0.339 e. The number of H-pyrrole nitrogens is 1. The highest BCUT2D eigenvalue weighted by Crippen LogP contribution is 2.38. The lowest BCUT2D eigenvalue weighted by molar-refractivity contribution is 0.579. The van der Waals surface area contributed by atoms with Crippen LogP contribution in [0.5, 0.6) is 0 Å². The first-order chi connectivity index (χ1) is 11.5. The molecule has 0 saturated carbocycles. The molecule has 0 spiro atoms. The minimum Gasteiger partial charge on any atom is -0.339 e. The van der Waals surface area contributed by atoms with Gasteiger partial charge in [-0.05, 0) is 30.3 Å². The van der Waals surface area contributed by atoms with Crippen LogP contribution in [0.1, 0.15) is 6.93 Å². The lowest BCUT2D eigenvalue weighted by atomic mass is 10.1. The van der Waals surface area contributed by atoms with Crippen molar-refractivity contribution in [2.75, 3.05) is 5.32 Å². The Bertz CT molecular complexity index is 979. The molecule has 7 heteroatoms. The van der Waals surface area contributed by atoms with E-state index < -0.39 is 11.6 Å². The molecule has 2 N–H and O–H groups in total. The van der Waals surface area contributed by atoms with E-state index in [-0.39, 0.29) is 22.5 Å². The lowest BCUT2D eigenvalue weighted by Gasteiger charge is -2.12. The van der Waals surface area contributed by atoms with Crippen molar-refractivity contribution in [2.45, 2.75) is 0 Å². The fourth-order valence-electron chi connectivity index (χ4n) is 2.46. The minimum atomic E-state index is -0.741. The van der Waals surface area contributed by atoms with E-state index in [1.54, 1.807) is 6.07 Å². The van der Waals surface area contributed by atoms with Gasteiger partial charge < -0.3 is 5.32 Å². The molecule has 0 saturated heterocycles. The van der Waals surface area contributed by atoms with Crippen molar-refractivity contribution in [1.82, 2.24) is 10.2 Å². The zero-order valence-corrected chi connectivity index (χ0v) is 12.2. The second kappa shape index (κ2) is 5.17. The molecule has 0 atom stereocenters. The number of fused-ring (bicyclic) bond motifs is 3. The highest BCUT2D eigenvalue weighted by molar-refractivity contribution is 6.31. The van der Waals surface area contributed by atoms with Crippen LogP contribution in [-0.4, -0.2) is 16.0 Å². The number of aromatic amines is 1. The van der Waals surface area contributed by atoms with Gasteiger partial charge in [0.25, 0.3) is 0 Å². The van der Waals surface area contributed by atoms with E-state index in [1.807, 2.05) is 0 Å². The number of hydrogen-bond acceptors (Lipinski definition) is 3. The van der Waals surface area contributed by atoms with Crippen molar-refractivity contribution < 1.29 is 10.2 Å². The van der Waals surface area contributed by atoms with Crippen molar-refractivity contribution in [1.29, 1.82) is 0 Å². The number of anilines is 1. The smallest absolute Gasteiger partial charge is 0.144 e. The monoisotopic (exact) mass is 331 g/mol. The molecule has 23 heavy (non-hydrogen) atoms. The lowest BCUT2D eigenvalue weighted by Crippen LogP contribution is -2.16. The van der Waals surface area contributed by atoms with E-state index in [0.717, 1.165) is 12.1 Å². The minimum absolute atomic E-state index is 0.00581. The van der Waals surface area contributed by atoms with E-state index in [4.69, 9.17) is 13.0 Å². The zero-order chi connectivity index (χ0) is 16.8. The van der Waals surface area contributed by atoms with Gasteiger partial charge in [-0.1, -0.05) is 17.7 Å². The molecule has 1 aromatic heterocycles. The van der Waals surface area contributed by atoms with Crippen LogP contribution < -0.4 is 5.32 Å². The Morgan fingerprint density at radius 1 is 1.17 bits per heavy atom. The fourth-order valence-corrected chi connectivity index (χ4v) is 2.62. The molecule has 1 aliphatic rings. The summed E-state index contributed by atoms with van der Waals surface area (Å²) >= 11 is 6.03. The average molecular weight is 332 g/mol. The van der Waals surface area contributed by atoms with Gasteiger partial charge in [0.1, 0.15) is 23.2 Å². The number of halogens is 3. The van der Waals surface area contributed by atoms with Crippen LogP contribution >= 0.6 is 11.6 Å². The molecule has 2 heterocycles. The van der Waals surface area contributed by atoms with Crippen molar-refractivity contribution in [3.8, 4) is 11.3 Å². The van der Waals surface area contributed by atoms with Gasteiger partial charge >= 0.3 is 0 Å². The third-order valence-electron chi connectivity index (χ3n) is 3.49. The highest BCUT2D eigenvalue weighted by Gasteiger charge is 2.22. The van der Waals surface area contributed by atoms with Crippen molar-refractivity contribution in [3.63, 3.8) is 0 Å². The first-order valence-electron chi connectivity index (χ1n) is 7.18. The Balaban J connectivity index is 1.98. The maximum atomic E-state index is 14.1. The van der Waals surface area contributed by atoms with Gasteiger partial charge in [0, 0.05) is 16.3 Å². The van der Waals surface area contributed by atoms with Crippen molar-refractivity contribution in [3.05, 3.63) is 64.8 Å². The molecule has 0 bridgehead atoms. The third kappa shape index (κ3) is 2.27. The van der Waals surface area contributed by atoms with Crippen LogP contribution in [-0.2, 0) is 0 Å². The Hall–Kier alpha value is -2.73. The third-order valence-corrected chi connectivity index (χ3v) is 3.71. The summed E-state index contributed by atoms with van der Waals surface area (Å²) < 4.78 is 36.1. The van der Waals surface area contributed by atoms with Crippen LogP contribution in [0.15, 0.2) is 47.6 Å². The van der Waals surface area contributed by atoms with Crippen LogP contribution in [0.4, 0.5) is 20.2 Å². The molecule has 114 valence electrons. The average Bonchev–Trinajstić information content (AvgIpc) is 2.93. The molecular weight excluding hydrogens is 322 g/mol. The predicted octanol–water partition coefficient (Wildman–Crippen LogP) is 4.51. The molecule has 3 aromatic rings. The summed E-state index contributed by atoms with van der Waals surface area (Å²) in [5.74, 6) is -1.49. The molecule has 0 radical (unpaired) electrons. The molecule has 0 fully saturated rings. The number of aromatic nitrogens is 2. The van der Waals surface area contributed by atoms with Crippen LogP contribution in [0.2, 0.25) is 5.02 Å². The van der Waals surface area contributed by atoms with Gasteiger partial charge in [-0.3, -0.25) is 5.10 Å². The maximum absolute atomic E-state index is 14.1. The van der Waals surface area contributed by atoms with Crippen LogP contribution in [0.25, 0.3) is 11.3 Å². The number of benzene rings is 2. The first-order valence-corrected chi connectivity index (χ1v) is 7.06. The van der Waals surface area contributed by atoms with Gasteiger partial charge in [0.15, 0.2) is 0 Å². The van der Waals surface area contributed by atoms with Gasteiger partial charge in [0.2, 0.25) is 0 Å². The molecule has 2 aromatic carbocycles. The normalized spacial score (nSPS) is 13.3. The number of aliphatic imine (C=N–C) groups is 1. The van der Waals surface area contributed by atoms with Crippen molar-refractivity contribution >= 4 is 28.8 Å². The Labute approximate surface area is 136 Å². The predicted molar refractivity (Wildman–Crippen MR) is 85.2 cm³/mol. The SMILES string of the molecule is [2H]c1cc2c(cc1Cl)-c1[nH]ncc1N=C(c1c(F)cccc1F)N2. The summed E-state index contributed by atoms with van der Waals surface area (Å²) in [6.45, 7) is 0. The standard InChI is InChI=1S/C16H9ClF2N4/c17-8-4-5-12-9(6-8)15-13(7-20-23-15)22-16(21-12)14-10(18)2-1-3-11(14)19/h1-7H,(H,20,23)(H,21,22)/i4D. The van der Waals surface area contributed by atoms with E-state index in [1.165, 1.54) is 18.3 Å². The fraction of sp³-hybridized carbons (Fsp3) is 0. The van der Waals surface area contributed by atoms with Gasteiger partial charge in [-0.2, -0.15) is 5.10 Å². The summed E-state index contributed by atoms with van der Waals surface area (Å²) in [5, 5.41) is 9.88. The van der Waals surface area contributed by atoms with E-state index in [0.29, 0.717) is 22.6 Å². The summed E-state index contributed by atoms with van der Waals surface area (Å²) in [6.07, 6.45) is 1.45. The van der Waals surface area contributed by atoms with E-state index in [2.05, 4.69) is 20.5 Å². The van der Waals surface area contributed by atoms with Gasteiger partial charge in [0.05, 0.1) is 18.8 Å². The quantitative estimate of drug-likeness (QED) is 0.689. The summed E-state index contributed by atoms with van der Waals surface area (Å²) in [4.78, 5) is 4.29. The molecule has 4 nitrogen and oxygen atoms in total. The Morgan fingerprint density at radius 3 is 2.74 bits per heavy atom. The maximum Gasteiger partial charge on any atom is 0.144 e. The number of hydrogen-bond donors (Lipinski definition) is 2. The summed E-state index contributed by atoms with van der Waals surface area (Å²) in [7, 11) is 0. The zero-order valence-electron chi connectivity index (χ0n) is 12.5. The molecule has 1 aliphatic heterocycles. The molecule has 0 amide bonds. The first kappa shape index (κ1) is 12.8. The van der Waals surface area contributed by atoms with Crippen molar-refractivity contribution in [2.24, 2.45) is 4.99 Å². The second-order valence-electron chi connectivity index (χ2n) is 4.92. The number of nitrogens with one attached hydrogen (secondary N) is 2. The number of nitrogens with zero attached hydrogens (tertiary/aromatic N) is 2. The van der Waals surface area contributed by atoms with Crippen LogP contribution in [0, 0.1) is 11.6 Å².